The number of ether oxygens (including phenoxy) is 6. The largest absolute Gasteiger partial charge is 0.493 e. The standard InChI is InChI=1S/C25H27ClN4O6/c1-31-11-10-30(22-15-35-24(36-22)16-6-5-7-17(26)12-16)21-8-9-27-25(29-21)28-18-13-19(32-2)23(34-4)20(14-18)33-3/h5-9,12-15,24H,10-11H2,1-4H3,(H,27,28,29). The maximum absolute atomic E-state index is 6.12. The molecule has 0 amide bonds. The van der Waals surface area contributed by atoms with Crippen LogP contribution < -0.4 is 24.4 Å². The van der Waals surface area contributed by atoms with Crippen molar-refractivity contribution in [3.8, 4) is 17.2 Å². The predicted octanol–water partition coefficient (Wildman–Crippen LogP) is 4.90. The second-order valence-electron chi connectivity index (χ2n) is 7.52. The van der Waals surface area contributed by atoms with Gasteiger partial charge < -0.3 is 33.7 Å². The number of anilines is 3. The first-order chi connectivity index (χ1) is 17.6. The van der Waals surface area contributed by atoms with Crippen LogP contribution in [0.3, 0.4) is 0 Å². The van der Waals surface area contributed by atoms with Gasteiger partial charge in [0.25, 0.3) is 6.29 Å². The first-order valence-corrected chi connectivity index (χ1v) is 11.4. The van der Waals surface area contributed by atoms with Crippen molar-refractivity contribution in [3.63, 3.8) is 0 Å². The lowest BCUT2D eigenvalue weighted by atomic mass is 10.2. The fraction of sp³-hybridized carbons (Fsp3) is 0.280. The summed E-state index contributed by atoms with van der Waals surface area (Å²) < 4.78 is 33.4. The fourth-order valence-electron chi connectivity index (χ4n) is 3.57. The molecular weight excluding hydrogens is 488 g/mol. The highest BCUT2D eigenvalue weighted by molar-refractivity contribution is 6.30. The molecule has 2 aromatic carbocycles. The van der Waals surface area contributed by atoms with Crippen LogP contribution in [-0.2, 0) is 14.2 Å². The van der Waals surface area contributed by atoms with Gasteiger partial charge >= 0.3 is 0 Å². The van der Waals surface area contributed by atoms with E-state index in [9.17, 15) is 0 Å². The summed E-state index contributed by atoms with van der Waals surface area (Å²) in [7, 11) is 6.29. The number of methoxy groups -OCH3 is 4. The minimum Gasteiger partial charge on any atom is -0.493 e. The van der Waals surface area contributed by atoms with Gasteiger partial charge in [-0.1, -0.05) is 23.7 Å². The third-order valence-electron chi connectivity index (χ3n) is 5.26. The summed E-state index contributed by atoms with van der Waals surface area (Å²) in [6.07, 6.45) is 2.57. The highest BCUT2D eigenvalue weighted by Crippen LogP contribution is 2.40. The van der Waals surface area contributed by atoms with Crippen LogP contribution in [0.15, 0.2) is 60.8 Å². The molecule has 0 fully saturated rings. The zero-order chi connectivity index (χ0) is 25.5. The molecule has 1 N–H and O–H groups in total. The smallest absolute Gasteiger partial charge is 0.268 e. The van der Waals surface area contributed by atoms with E-state index in [1.807, 2.05) is 17.0 Å². The van der Waals surface area contributed by atoms with Crippen LogP contribution in [0.4, 0.5) is 17.5 Å². The van der Waals surface area contributed by atoms with Crippen LogP contribution in [0.25, 0.3) is 0 Å². The quantitative estimate of drug-likeness (QED) is 0.380. The molecule has 0 saturated carbocycles. The van der Waals surface area contributed by atoms with Gasteiger partial charge in [-0.15, -0.1) is 0 Å². The van der Waals surface area contributed by atoms with E-state index in [2.05, 4.69) is 15.3 Å². The molecule has 1 aliphatic rings. The fourth-order valence-corrected chi connectivity index (χ4v) is 3.77. The summed E-state index contributed by atoms with van der Waals surface area (Å²) in [5, 5.41) is 3.79. The van der Waals surface area contributed by atoms with E-state index in [-0.39, 0.29) is 0 Å². The lowest BCUT2D eigenvalue weighted by molar-refractivity contribution is -0.0353. The Kier molecular flexibility index (Phi) is 8.19. The van der Waals surface area contributed by atoms with Crippen LogP contribution in [0.2, 0.25) is 5.02 Å². The summed E-state index contributed by atoms with van der Waals surface area (Å²) >= 11 is 6.12. The third kappa shape index (κ3) is 5.67. The number of rotatable bonds is 11. The van der Waals surface area contributed by atoms with Gasteiger partial charge in [0, 0.05) is 41.7 Å². The van der Waals surface area contributed by atoms with Crippen molar-refractivity contribution in [2.24, 2.45) is 0 Å². The van der Waals surface area contributed by atoms with Crippen LogP contribution in [-0.4, -0.2) is 51.6 Å². The van der Waals surface area contributed by atoms with E-state index in [0.717, 1.165) is 5.56 Å². The number of nitrogens with one attached hydrogen (secondary N) is 1. The Balaban J connectivity index is 1.57. The monoisotopic (exact) mass is 514 g/mol. The Morgan fingerprint density at radius 3 is 2.47 bits per heavy atom. The number of benzene rings is 2. The van der Waals surface area contributed by atoms with Gasteiger partial charge in [0.05, 0.1) is 34.5 Å². The molecule has 0 radical (unpaired) electrons. The maximum atomic E-state index is 6.12. The normalized spacial score (nSPS) is 14.4. The summed E-state index contributed by atoms with van der Waals surface area (Å²) in [4.78, 5) is 10.9. The van der Waals surface area contributed by atoms with Crippen LogP contribution in [0.1, 0.15) is 11.9 Å². The SMILES string of the molecule is COCCN(C1=COC(c2cccc(Cl)c2)O1)c1ccnc(Nc2cc(OC)c(OC)c(OC)c2)n1. The van der Waals surface area contributed by atoms with Gasteiger partial charge in [0.15, 0.2) is 11.5 Å². The highest BCUT2D eigenvalue weighted by Gasteiger charge is 2.27. The number of hydrogen-bond donors (Lipinski definition) is 1. The van der Waals surface area contributed by atoms with Crippen LogP contribution in [0, 0.1) is 0 Å². The molecule has 10 nitrogen and oxygen atoms in total. The molecular formula is C25H27ClN4O6. The van der Waals surface area contributed by atoms with Gasteiger partial charge in [-0.25, -0.2) is 4.98 Å². The molecule has 36 heavy (non-hydrogen) atoms. The zero-order valence-corrected chi connectivity index (χ0v) is 21.1. The van der Waals surface area contributed by atoms with Gasteiger partial charge in [0.2, 0.25) is 17.6 Å². The lowest BCUT2D eigenvalue weighted by Crippen LogP contribution is -2.28. The average Bonchev–Trinajstić information content (AvgIpc) is 3.38. The Hall–Kier alpha value is -3.89. The molecule has 11 heteroatoms. The van der Waals surface area contributed by atoms with Crippen molar-refractivity contribution >= 4 is 29.1 Å². The molecule has 0 spiro atoms. The van der Waals surface area contributed by atoms with E-state index >= 15 is 0 Å². The van der Waals surface area contributed by atoms with Gasteiger partial charge in [-0.05, 0) is 18.2 Å². The zero-order valence-electron chi connectivity index (χ0n) is 20.4. The third-order valence-corrected chi connectivity index (χ3v) is 5.50. The molecule has 1 aliphatic heterocycles. The molecule has 0 bridgehead atoms. The topological polar surface area (TPSA) is 96.4 Å². The van der Waals surface area contributed by atoms with Gasteiger partial charge in [-0.3, -0.25) is 4.90 Å². The number of halogens is 1. The maximum Gasteiger partial charge on any atom is 0.268 e. The van der Waals surface area contributed by atoms with Gasteiger partial charge in [-0.2, -0.15) is 4.98 Å². The predicted molar refractivity (Wildman–Crippen MR) is 135 cm³/mol. The van der Waals surface area contributed by atoms with E-state index in [1.54, 1.807) is 71.2 Å². The summed E-state index contributed by atoms with van der Waals surface area (Å²) in [6.45, 7) is 0.900. The summed E-state index contributed by atoms with van der Waals surface area (Å²) in [5.41, 5.74) is 1.46. The lowest BCUT2D eigenvalue weighted by Gasteiger charge is -2.24. The first kappa shape index (κ1) is 25.2. The molecule has 2 heterocycles. The van der Waals surface area contributed by atoms with Crippen molar-refractivity contribution in [3.05, 3.63) is 71.4 Å². The second-order valence-corrected chi connectivity index (χ2v) is 7.96. The molecule has 1 atom stereocenters. The van der Waals surface area contributed by atoms with Crippen molar-refractivity contribution in [2.75, 3.05) is 51.8 Å². The van der Waals surface area contributed by atoms with Gasteiger partial charge in [0.1, 0.15) is 12.1 Å². The van der Waals surface area contributed by atoms with Crippen molar-refractivity contribution in [2.45, 2.75) is 6.29 Å². The molecule has 3 aromatic rings. The number of hydrogen-bond acceptors (Lipinski definition) is 10. The highest BCUT2D eigenvalue weighted by atomic mass is 35.5. The summed E-state index contributed by atoms with van der Waals surface area (Å²) in [6, 6.07) is 12.6. The second kappa shape index (κ2) is 11.7. The van der Waals surface area contributed by atoms with E-state index in [0.29, 0.717) is 58.8 Å². The number of aromatic nitrogens is 2. The van der Waals surface area contributed by atoms with Crippen molar-refractivity contribution < 1.29 is 28.4 Å². The van der Waals surface area contributed by atoms with Crippen molar-refractivity contribution in [1.29, 1.82) is 0 Å². The Morgan fingerprint density at radius 2 is 1.81 bits per heavy atom. The minimum atomic E-state index is -0.623. The molecule has 1 aromatic heterocycles. The first-order valence-electron chi connectivity index (χ1n) is 11.0. The van der Waals surface area contributed by atoms with E-state index in [4.69, 9.17) is 40.0 Å². The van der Waals surface area contributed by atoms with Crippen LogP contribution in [0.5, 0.6) is 17.2 Å². The summed E-state index contributed by atoms with van der Waals surface area (Å²) in [5.74, 6) is 2.92. The number of nitrogens with zero attached hydrogens (tertiary/aromatic N) is 3. The molecule has 4 rings (SSSR count). The Labute approximate surface area is 214 Å². The Bertz CT molecular complexity index is 1200. The minimum absolute atomic E-state index is 0.357. The molecule has 190 valence electrons. The molecule has 1 unspecified atom stereocenters. The van der Waals surface area contributed by atoms with Crippen molar-refractivity contribution in [1.82, 2.24) is 9.97 Å². The molecule has 0 aliphatic carbocycles. The van der Waals surface area contributed by atoms with E-state index in [1.165, 1.54) is 0 Å². The average molecular weight is 515 g/mol. The van der Waals surface area contributed by atoms with E-state index < -0.39 is 6.29 Å². The molecule has 0 saturated heterocycles. The Morgan fingerprint density at radius 1 is 1.03 bits per heavy atom. The van der Waals surface area contributed by atoms with Crippen LogP contribution >= 0.6 is 11.6 Å².